The van der Waals surface area contributed by atoms with E-state index in [1.807, 2.05) is 31.2 Å². The zero-order chi connectivity index (χ0) is 15.0. The summed E-state index contributed by atoms with van der Waals surface area (Å²) in [7, 11) is 1.44. The van der Waals surface area contributed by atoms with Crippen LogP contribution in [-0.4, -0.2) is 36.1 Å². The third kappa shape index (κ3) is 2.44. The van der Waals surface area contributed by atoms with Gasteiger partial charge in [0.1, 0.15) is 0 Å². The summed E-state index contributed by atoms with van der Waals surface area (Å²) in [5.74, 6) is 0.885. The number of ether oxygens (including phenoxy) is 1. The fourth-order valence-corrected chi connectivity index (χ4v) is 2.98. The van der Waals surface area contributed by atoms with Crippen molar-refractivity contribution in [3.63, 3.8) is 0 Å². The van der Waals surface area contributed by atoms with Crippen LogP contribution in [0, 0.1) is 18.8 Å². The lowest BCUT2D eigenvalue weighted by atomic mass is 9.99. The van der Waals surface area contributed by atoms with E-state index in [9.17, 15) is 4.79 Å². The molecule has 0 bridgehead atoms. The third-order valence-corrected chi connectivity index (χ3v) is 4.14. The van der Waals surface area contributed by atoms with E-state index in [0.29, 0.717) is 6.54 Å². The Hall–Kier alpha value is -2.17. The SMILES string of the molecule is COC(=O)C1CN(c2nc3ccccc3nc2C)CC1C. The monoisotopic (exact) mass is 285 g/mol. The van der Waals surface area contributed by atoms with E-state index in [1.54, 1.807) is 0 Å². The number of carbonyl (C=O) groups excluding carboxylic acids is 1. The van der Waals surface area contributed by atoms with E-state index >= 15 is 0 Å². The lowest BCUT2D eigenvalue weighted by Gasteiger charge is -2.19. The molecule has 1 aromatic carbocycles. The molecule has 2 atom stereocenters. The number of para-hydroxylation sites is 2. The number of benzene rings is 1. The molecule has 0 radical (unpaired) electrons. The van der Waals surface area contributed by atoms with Crippen molar-refractivity contribution in [2.45, 2.75) is 13.8 Å². The highest BCUT2D eigenvalue weighted by atomic mass is 16.5. The number of carbonyl (C=O) groups is 1. The summed E-state index contributed by atoms with van der Waals surface area (Å²) in [4.78, 5) is 23.3. The topological polar surface area (TPSA) is 55.3 Å². The number of esters is 1. The number of anilines is 1. The van der Waals surface area contributed by atoms with Crippen LogP contribution in [0.25, 0.3) is 11.0 Å². The van der Waals surface area contributed by atoms with Crippen LogP contribution in [0.3, 0.4) is 0 Å². The van der Waals surface area contributed by atoms with Gasteiger partial charge in [-0.3, -0.25) is 4.79 Å². The quantitative estimate of drug-likeness (QED) is 0.792. The predicted molar refractivity (Wildman–Crippen MR) is 81.2 cm³/mol. The van der Waals surface area contributed by atoms with E-state index < -0.39 is 0 Å². The second-order valence-corrected chi connectivity index (χ2v) is 5.63. The number of hydrogen-bond acceptors (Lipinski definition) is 5. The highest BCUT2D eigenvalue weighted by molar-refractivity contribution is 5.77. The van der Waals surface area contributed by atoms with Crippen LogP contribution in [-0.2, 0) is 9.53 Å². The molecule has 5 nitrogen and oxygen atoms in total. The zero-order valence-electron chi connectivity index (χ0n) is 12.5. The van der Waals surface area contributed by atoms with Gasteiger partial charge in [0.05, 0.1) is 29.8 Å². The van der Waals surface area contributed by atoms with Crippen molar-refractivity contribution < 1.29 is 9.53 Å². The summed E-state index contributed by atoms with van der Waals surface area (Å²) in [6.45, 7) is 5.48. The summed E-state index contributed by atoms with van der Waals surface area (Å²) in [5.41, 5.74) is 2.68. The van der Waals surface area contributed by atoms with E-state index in [1.165, 1.54) is 7.11 Å². The van der Waals surface area contributed by atoms with E-state index in [4.69, 9.17) is 9.72 Å². The van der Waals surface area contributed by atoms with Gasteiger partial charge in [-0.15, -0.1) is 0 Å². The molecule has 0 N–H and O–H groups in total. The van der Waals surface area contributed by atoms with Crippen LogP contribution in [0.4, 0.5) is 5.82 Å². The van der Waals surface area contributed by atoms with Gasteiger partial charge < -0.3 is 9.64 Å². The molecule has 1 aromatic heterocycles. The lowest BCUT2D eigenvalue weighted by molar-refractivity contribution is -0.145. The molecule has 110 valence electrons. The minimum Gasteiger partial charge on any atom is -0.469 e. The van der Waals surface area contributed by atoms with E-state index in [0.717, 1.165) is 29.1 Å². The highest BCUT2D eigenvalue weighted by Crippen LogP contribution is 2.30. The predicted octanol–water partition coefficient (Wildman–Crippen LogP) is 2.18. The van der Waals surface area contributed by atoms with Crippen LogP contribution in [0.2, 0.25) is 0 Å². The maximum atomic E-state index is 11.8. The van der Waals surface area contributed by atoms with Crippen LogP contribution in [0.15, 0.2) is 24.3 Å². The number of aromatic nitrogens is 2. The molecule has 3 rings (SSSR count). The molecule has 1 saturated heterocycles. The molecule has 2 unspecified atom stereocenters. The first-order chi connectivity index (χ1) is 10.1. The molecule has 0 amide bonds. The Bertz CT molecular complexity index is 686. The molecule has 21 heavy (non-hydrogen) atoms. The number of hydrogen-bond donors (Lipinski definition) is 0. The first-order valence-corrected chi connectivity index (χ1v) is 7.16. The fraction of sp³-hybridized carbons (Fsp3) is 0.438. The van der Waals surface area contributed by atoms with Crippen molar-refractivity contribution >= 4 is 22.8 Å². The Morgan fingerprint density at radius 1 is 1.24 bits per heavy atom. The van der Waals surface area contributed by atoms with Crippen molar-refractivity contribution in [2.75, 3.05) is 25.1 Å². The number of aryl methyl sites for hydroxylation is 1. The summed E-state index contributed by atoms with van der Waals surface area (Å²) in [5, 5.41) is 0. The minimum atomic E-state index is -0.142. The van der Waals surface area contributed by atoms with Gasteiger partial charge in [0.2, 0.25) is 0 Å². The summed E-state index contributed by atoms with van der Waals surface area (Å²) >= 11 is 0. The molecule has 0 saturated carbocycles. The third-order valence-electron chi connectivity index (χ3n) is 4.14. The van der Waals surface area contributed by atoms with Gasteiger partial charge in [-0.2, -0.15) is 0 Å². The summed E-state index contributed by atoms with van der Waals surface area (Å²) < 4.78 is 4.89. The Balaban J connectivity index is 1.94. The molecule has 0 aliphatic carbocycles. The molecule has 2 heterocycles. The lowest BCUT2D eigenvalue weighted by Crippen LogP contribution is -2.25. The molecular formula is C16H19N3O2. The van der Waals surface area contributed by atoms with Gasteiger partial charge in [0.15, 0.2) is 5.82 Å². The van der Waals surface area contributed by atoms with Gasteiger partial charge in [-0.25, -0.2) is 9.97 Å². The molecular weight excluding hydrogens is 266 g/mol. The van der Waals surface area contributed by atoms with Crippen molar-refractivity contribution in [3.05, 3.63) is 30.0 Å². The Labute approximate surface area is 124 Å². The van der Waals surface area contributed by atoms with Gasteiger partial charge >= 0.3 is 5.97 Å². The van der Waals surface area contributed by atoms with Crippen molar-refractivity contribution in [3.8, 4) is 0 Å². The average molecular weight is 285 g/mol. The second-order valence-electron chi connectivity index (χ2n) is 5.63. The number of fused-ring (bicyclic) bond motifs is 1. The van der Waals surface area contributed by atoms with Crippen LogP contribution in [0.1, 0.15) is 12.6 Å². The second kappa shape index (κ2) is 5.31. The average Bonchev–Trinajstić information content (AvgIpc) is 2.87. The molecule has 0 spiro atoms. The number of methoxy groups -OCH3 is 1. The van der Waals surface area contributed by atoms with Gasteiger partial charge in [-0.1, -0.05) is 19.1 Å². The van der Waals surface area contributed by atoms with Gasteiger partial charge in [-0.05, 0) is 25.0 Å². The number of nitrogens with zero attached hydrogens (tertiary/aromatic N) is 3. The van der Waals surface area contributed by atoms with E-state index in [2.05, 4.69) is 16.8 Å². The van der Waals surface area contributed by atoms with Crippen LogP contribution in [0.5, 0.6) is 0 Å². The molecule has 5 heteroatoms. The van der Waals surface area contributed by atoms with Crippen LogP contribution < -0.4 is 4.90 Å². The zero-order valence-corrected chi connectivity index (χ0v) is 12.5. The Morgan fingerprint density at radius 2 is 1.90 bits per heavy atom. The van der Waals surface area contributed by atoms with Gasteiger partial charge in [0, 0.05) is 13.1 Å². The maximum absolute atomic E-state index is 11.8. The highest BCUT2D eigenvalue weighted by Gasteiger charge is 2.36. The van der Waals surface area contributed by atoms with Crippen LogP contribution >= 0.6 is 0 Å². The first-order valence-electron chi connectivity index (χ1n) is 7.16. The largest absolute Gasteiger partial charge is 0.469 e. The van der Waals surface area contributed by atoms with Crippen molar-refractivity contribution in [1.82, 2.24) is 9.97 Å². The molecule has 1 aliphatic rings. The standard InChI is InChI=1S/C16H19N3O2/c1-10-8-19(9-12(10)16(20)21-3)15-11(2)17-13-6-4-5-7-14(13)18-15/h4-7,10,12H,8-9H2,1-3H3. The Morgan fingerprint density at radius 3 is 2.57 bits per heavy atom. The minimum absolute atomic E-state index is 0.0947. The maximum Gasteiger partial charge on any atom is 0.310 e. The smallest absolute Gasteiger partial charge is 0.310 e. The molecule has 1 aliphatic heterocycles. The number of rotatable bonds is 2. The summed E-state index contributed by atoms with van der Waals surface area (Å²) in [6, 6.07) is 7.84. The van der Waals surface area contributed by atoms with E-state index in [-0.39, 0.29) is 17.8 Å². The Kier molecular flexibility index (Phi) is 3.49. The van der Waals surface area contributed by atoms with Crippen molar-refractivity contribution in [2.24, 2.45) is 11.8 Å². The fourth-order valence-electron chi connectivity index (χ4n) is 2.98. The van der Waals surface area contributed by atoms with Crippen molar-refractivity contribution in [1.29, 1.82) is 0 Å². The first kappa shape index (κ1) is 13.8. The van der Waals surface area contributed by atoms with Gasteiger partial charge in [0.25, 0.3) is 0 Å². The normalized spacial score (nSPS) is 21.8. The molecule has 1 fully saturated rings. The molecule has 2 aromatic rings. The summed E-state index contributed by atoms with van der Waals surface area (Å²) in [6.07, 6.45) is 0.